The van der Waals surface area contributed by atoms with E-state index in [-0.39, 0.29) is 25.3 Å². The molecule has 29 heavy (non-hydrogen) atoms. The third-order valence-electron chi connectivity index (χ3n) is 4.25. The number of hydrogen-bond donors (Lipinski definition) is 2. The maximum absolute atomic E-state index is 12.1. The molecule has 0 aliphatic carbocycles. The van der Waals surface area contributed by atoms with Crippen molar-refractivity contribution in [2.45, 2.75) is 32.2 Å². The zero-order valence-electron chi connectivity index (χ0n) is 16.9. The molecular weight excluding hydrogens is 382 g/mol. The minimum Gasteiger partial charge on any atom is -0.497 e. The van der Waals surface area contributed by atoms with Crippen molar-refractivity contribution in [2.24, 2.45) is 0 Å². The van der Waals surface area contributed by atoms with Crippen LogP contribution in [-0.4, -0.2) is 61.6 Å². The fraction of sp³-hybridized carbons (Fsp3) is 0.474. The average molecular weight is 407 g/mol. The molecule has 0 atom stereocenters. The van der Waals surface area contributed by atoms with Crippen molar-refractivity contribution >= 4 is 29.5 Å². The number of rotatable bonds is 9. The summed E-state index contributed by atoms with van der Waals surface area (Å²) >= 11 is 0. The zero-order chi connectivity index (χ0) is 21.6. The van der Waals surface area contributed by atoms with Gasteiger partial charge in [-0.3, -0.25) is 19.3 Å². The van der Waals surface area contributed by atoms with Crippen LogP contribution in [0.2, 0.25) is 0 Å². The zero-order valence-corrected chi connectivity index (χ0v) is 16.9. The fourth-order valence-corrected chi connectivity index (χ4v) is 2.72. The molecule has 0 saturated carbocycles. The summed E-state index contributed by atoms with van der Waals surface area (Å²) in [6.45, 7) is 2.83. The molecule has 0 aromatic heterocycles. The van der Waals surface area contributed by atoms with E-state index < -0.39 is 30.1 Å². The smallest absolute Gasteiger partial charge is 0.325 e. The van der Waals surface area contributed by atoms with Crippen LogP contribution in [0.1, 0.15) is 26.7 Å². The lowest BCUT2D eigenvalue weighted by Gasteiger charge is -2.15. The average Bonchev–Trinajstić information content (AvgIpc) is 2.87. The van der Waals surface area contributed by atoms with Crippen LogP contribution >= 0.6 is 0 Å². The second-order valence-corrected chi connectivity index (χ2v) is 6.89. The minimum absolute atomic E-state index is 0.0345. The largest absolute Gasteiger partial charge is 0.497 e. The number of carbonyl (C=O) groups is 4. The Kier molecular flexibility index (Phi) is 7.03. The fourth-order valence-electron chi connectivity index (χ4n) is 2.72. The second-order valence-electron chi connectivity index (χ2n) is 6.89. The molecule has 1 aliphatic rings. The molecule has 158 valence electrons. The van der Waals surface area contributed by atoms with Crippen molar-refractivity contribution in [3.63, 3.8) is 0 Å². The number of nitrogens with zero attached hydrogens (tertiary/aromatic N) is 1. The maximum Gasteiger partial charge on any atom is 0.325 e. The number of amides is 4. The highest BCUT2D eigenvalue weighted by Crippen LogP contribution is 2.28. The van der Waals surface area contributed by atoms with Gasteiger partial charge in [0.15, 0.2) is 6.61 Å². The van der Waals surface area contributed by atoms with Crippen LogP contribution in [0, 0.1) is 0 Å². The van der Waals surface area contributed by atoms with Gasteiger partial charge in [0.2, 0.25) is 0 Å². The number of methoxy groups -OCH3 is 2. The summed E-state index contributed by atoms with van der Waals surface area (Å²) in [6.07, 6.45) is 0.201. The van der Waals surface area contributed by atoms with Gasteiger partial charge in [0, 0.05) is 19.0 Å². The first-order chi connectivity index (χ1) is 13.7. The van der Waals surface area contributed by atoms with Crippen molar-refractivity contribution < 1.29 is 33.4 Å². The van der Waals surface area contributed by atoms with E-state index in [0.29, 0.717) is 17.2 Å². The number of hydrogen-bond acceptors (Lipinski definition) is 7. The molecule has 1 aromatic carbocycles. The summed E-state index contributed by atoms with van der Waals surface area (Å²) in [5.74, 6) is -0.531. The first-order valence-corrected chi connectivity index (χ1v) is 8.99. The van der Waals surface area contributed by atoms with E-state index >= 15 is 0 Å². The van der Waals surface area contributed by atoms with E-state index in [9.17, 15) is 19.2 Å². The number of benzene rings is 1. The Bertz CT molecular complexity index is 807. The Morgan fingerprint density at radius 2 is 1.90 bits per heavy atom. The SMILES string of the molecule is COc1ccc(OC)c(NC(=O)COC(=O)CCCN2C(=O)NC(C)(C)C2=O)c1. The highest BCUT2D eigenvalue weighted by Gasteiger charge is 2.43. The highest BCUT2D eigenvalue weighted by molar-refractivity contribution is 6.06. The number of urea groups is 1. The monoisotopic (exact) mass is 407 g/mol. The molecule has 0 unspecified atom stereocenters. The molecule has 1 aliphatic heterocycles. The third-order valence-corrected chi connectivity index (χ3v) is 4.25. The van der Waals surface area contributed by atoms with Crippen molar-refractivity contribution in [3.05, 3.63) is 18.2 Å². The summed E-state index contributed by atoms with van der Waals surface area (Å²) in [5, 5.41) is 5.15. The van der Waals surface area contributed by atoms with Crippen molar-refractivity contribution in [2.75, 3.05) is 32.7 Å². The van der Waals surface area contributed by atoms with E-state index in [1.165, 1.54) is 14.2 Å². The van der Waals surface area contributed by atoms with E-state index in [1.807, 2.05) is 0 Å². The molecule has 1 aromatic rings. The summed E-state index contributed by atoms with van der Waals surface area (Å²) in [4.78, 5) is 48.8. The van der Waals surface area contributed by atoms with E-state index in [2.05, 4.69) is 10.6 Å². The molecule has 0 radical (unpaired) electrons. The first kappa shape index (κ1) is 22.0. The van der Waals surface area contributed by atoms with Gasteiger partial charge >= 0.3 is 12.0 Å². The van der Waals surface area contributed by atoms with Gasteiger partial charge in [-0.05, 0) is 32.4 Å². The summed E-state index contributed by atoms with van der Waals surface area (Å²) < 4.78 is 15.2. The molecule has 2 N–H and O–H groups in total. The van der Waals surface area contributed by atoms with Crippen LogP contribution < -0.4 is 20.1 Å². The number of anilines is 1. The standard InChI is InChI=1S/C19H25N3O7/c1-19(2)17(25)22(18(26)21-19)9-5-6-16(24)29-11-15(23)20-13-10-12(27-3)7-8-14(13)28-4/h7-8,10H,5-6,9,11H2,1-4H3,(H,20,23)(H,21,26). The van der Waals surface area contributed by atoms with Gasteiger partial charge in [0.05, 0.1) is 19.9 Å². The Labute approximate surface area is 168 Å². The molecule has 1 saturated heterocycles. The van der Waals surface area contributed by atoms with Crippen LogP contribution in [0.3, 0.4) is 0 Å². The Morgan fingerprint density at radius 3 is 2.48 bits per heavy atom. The quantitative estimate of drug-likeness (QED) is 0.467. The van der Waals surface area contributed by atoms with Crippen LogP contribution in [0.5, 0.6) is 11.5 Å². The molecule has 1 heterocycles. The van der Waals surface area contributed by atoms with Gasteiger partial charge in [-0.25, -0.2) is 4.79 Å². The molecular formula is C19H25N3O7. The highest BCUT2D eigenvalue weighted by atomic mass is 16.5. The van der Waals surface area contributed by atoms with Gasteiger partial charge in [-0.2, -0.15) is 0 Å². The summed E-state index contributed by atoms with van der Waals surface area (Å²) in [5.41, 5.74) is -0.564. The summed E-state index contributed by atoms with van der Waals surface area (Å²) in [6, 6.07) is 4.41. The number of carbonyl (C=O) groups excluding carboxylic acids is 4. The van der Waals surface area contributed by atoms with Gasteiger partial charge in [-0.1, -0.05) is 0 Å². The number of nitrogens with one attached hydrogen (secondary N) is 2. The van der Waals surface area contributed by atoms with Gasteiger partial charge in [0.25, 0.3) is 11.8 Å². The predicted molar refractivity (Wildman–Crippen MR) is 103 cm³/mol. The number of imide groups is 1. The van der Waals surface area contributed by atoms with Gasteiger partial charge in [-0.15, -0.1) is 0 Å². The molecule has 10 heteroatoms. The molecule has 0 bridgehead atoms. The van der Waals surface area contributed by atoms with Crippen LogP contribution in [0.15, 0.2) is 18.2 Å². The van der Waals surface area contributed by atoms with E-state index in [0.717, 1.165) is 4.90 Å². The molecule has 4 amide bonds. The lowest BCUT2D eigenvalue weighted by atomic mass is 10.1. The molecule has 0 spiro atoms. The van der Waals surface area contributed by atoms with Crippen LogP contribution in [-0.2, 0) is 19.1 Å². The normalized spacial score (nSPS) is 15.0. The van der Waals surface area contributed by atoms with Crippen LogP contribution in [0.25, 0.3) is 0 Å². The topological polar surface area (TPSA) is 123 Å². The van der Waals surface area contributed by atoms with Gasteiger partial charge < -0.3 is 24.8 Å². The first-order valence-electron chi connectivity index (χ1n) is 8.99. The van der Waals surface area contributed by atoms with E-state index in [4.69, 9.17) is 14.2 Å². The molecule has 2 rings (SSSR count). The lowest BCUT2D eigenvalue weighted by Crippen LogP contribution is -2.40. The minimum atomic E-state index is -0.948. The maximum atomic E-state index is 12.1. The Hall–Kier alpha value is -3.30. The summed E-state index contributed by atoms with van der Waals surface area (Å²) in [7, 11) is 2.96. The number of esters is 1. The molecule has 10 nitrogen and oxygen atoms in total. The third kappa shape index (κ3) is 5.59. The van der Waals surface area contributed by atoms with Crippen molar-refractivity contribution in [1.82, 2.24) is 10.2 Å². The van der Waals surface area contributed by atoms with Crippen molar-refractivity contribution in [3.8, 4) is 11.5 Å². The van der Waals surface area contributed by atoms with Crippen LogP contribution in [0.4, 0.5) is 10.5 Å². The second kappa shape index (κ2) is 9.26. The van der Waals surface area contributed by atoms with Gasteiger partial charge in [0.1, 0.15) is 17.0 Å². The Morgan fingerprint density at radius 1 is 1.17 bits per heavy atom. The predicted octanol–water partition coefficient (Wildman–Crippen LogP) is 1.30. The molecule has 1 fully saturated rings. The van der Waals surface area contributed by atoms with E-state index in [1.54, 1.807) is 32.0 Å². The Balaban J connectivity index is 1.76. The number of ether oxygens (including phenoxy) is 3. The lowest BCUT2D eigenvalue weighted by molar-refractivity contribution is -0.147. The van der Waals surface area contributed by atoms with Crippen molar-refractivity contribution in [1.29, 1.82) is 0 Å².